The number of halogens is 1. The van der Waals surface area contributed by atoms with Crippen molar-refractivity contribution in [3.05, 3.63) is 40.0 Å². The molecule has 0 atom stereocenters. The van der Waals surface area contributed by atoms with Gasteiger partial charge in [-0.15, -0.1) is 0 Å². The maximum absolute atomic E-state index is 12.4. The Labute approximate surface area is 146 Å². The number of carbonyl (C=O) groups excluding carboxylic acids is 3. The van der Waals surface area contributed by atoms with Gasteiger partial charge in [0.05, 0.1) is 11.1 Å². The van der Waals surface area contributed by atoms with Crippen LogP contribution >= 0.6 is 15.9 Å². The lowest BCUT2D eigenvalue weighted by atomic mass is 10.1. The molecule has 1 heterocycles. The number of nitrogens with zero attached hydrogens (tertiary/aromatic N) is 1. The van der Waals surface area contributed by atoms with Gasteiger partial charge >= 0.3 is 11.8 Å². The van der Waals surface area contributed by atoms with Crippen molar-refractivity contribution in [1.29, 1.82) is 0 Å². The largest absolute Gasteiger partial charge is 0.345 e. The number of carbonyl (C=O) groups is 3. The standard InChI is InChI=1S/C16H15BrN4O3/c1-8-6-12(11-7-9(17)2-5-13(11)18-8)14(22)20-21-16(24)15(23)19-10-3-4-10/h2,5-7,10H,3-4H2,1H3,(H,19,23)(H,20,22)(H,21,24). The lowest BCUT2D eigenvalue weighted by molar-refractivity contribution is -0.139. The van der Waals surface area contributed by atoms with Gasteiger partial charge in [-0.2, -0.15) is 0 Å². The normalized spacial score (nSPS) is 13.4. The molecular weight excluding hydrogens is 376 g/mol. The highest BCUT2D eigenvalue weighted by molar-refractivity contribution is 9.10. The Bertz CT molecular complexity index is 849. The first kappa shape index (κ1) is 16.4. The quantitative estimate of drug-likeness (QED) is 0.532. The summed E-state index contributed by atoms with van der Waals surface area (Å²) in [6.07, 6.45) is 1.76. The van der Waals surface area contributed by atoms with Gasteiger partial charge in [0, 0.05) is 21.6 Å². The third-order valence-electron chi connectivity index (χ3n) is 3.55. The molecule has 1 saturated carbocycles. The molecule has 0 unspecified atom stereocenters. The topological polar surface area (TPSA) is 100 Å². The monoisotopic (exact) mass is 390 g/mol. The maximum atomic E-state index is 12.4. The van der Waals surface area contributed by atoms with Gasteiger partial charge in [-0.3, -0.25) is 30.2 Å². The van der Waals surface area contributed by atoms with Crippen molar-refractivity contribution in [3.63, 3.8) is 0 Å². The molecule has 0 radical (unpaired) electrons. The second-order valence-corrected chi connectivity index (χ2v) is 6.54. The zero-order valence-corrected chi connectivity index (χ0v) is 14.4. The van der Waals surface area contributed by atoms with E-state index in [0.29, 0.717) is 22.2 Å². The van der Waals surface area contributed by atoms with Gasteiger partial charge in [0.1, 0.15) is 0 Å². The minimum absolute atomic E-state index is 0.0723. The Kier molecular flexibility index (Phi) is 4.48. The summed E-state index contributed by atoms with van der Waals surface area (Å²) < 4.78 is 0.808. The van der Waals surface area contributed by atoms with Crippen LogP contribution in [0.1, 0.15) is 28.9 Å². The zero-order chi connectivity index (χ0) is 17.3. The van der Waals surface area contributed by atoms with Crippen molar-refractivity contribution in [1.82, 2.24) is 21.2 Å². The van der Waals surface area contributed by atoms with E-state index in [9.17, 15) is 14.4 Å². The molecule has 24 heavy (non-hydrogen) atoms. The fourth-order valence-electron chi connectivity index (χ4n) is 2.23. The van der Waals surface area contributed by atoms with E-state index >= 15 is 0 Å². The zero-order valence-electron chi connectivity index (χ0n) is 12.9. The van der Waals surface area contributed by atoms with Crippen LogP contribution in [0.25, 0.3) is 10.9 Å². The summed E-state index contributed by atoms with van der Waals surface area (Å²) >= 11 is 3.36. The van der Waals surface area contributed by atoms with Crippen molar-refractivity contribution >= 4 is 44.6 Å². The van der Waals surface area contributed by atoms with Crippen LogP contribution in [0.5, 0.6) is 0 Å². The van der Waals surface area contributed by atoms with E-state index < -0.39 is 17.7 Å². The SMILES string of the molecule is Cc1cc(C(=O)NNC(=O)C(=O)NC2CC2)c2cc(Br)ccc2n1. The molecule has 3 N–H and O–H groups in total. The lowest BCUT2D eigenvalue weighted by Crippen LogP contribution is -2.49. The summed E-state index contributed by atoms with van der Waals surface area (Å²) in [7, 11) is 0. The number of aromatic nitrogens is 1. The van der Waals surface area contributed by atoms with E-state index in [2.05, 4.69) is 37.1 Å². The van der Waals surface area contributed by atoms with Crippen LogP contribution in [0, 0.1) is 6.92 Å². The first-order chi connectivity index (χ1) is 11.4. The summed E-state index contributed by atoms with van der Waals surface area (Å²) in [5.74, 6) is -2.17. The highest BCUT2D eigenvalue weighted by Crippen LogP contribution is 2.22. The summed E-state index contributed by atoms with van der Waals surface area (Å²) in [5.41, 5.74) is 6.10. The summed E-state index contributed by atoms with van der Waals surface area (Å²) in [5, 5.41) is 3.19. The molecule has 0 saturated heterocycles. The van der Waals surface area contributed by atoms with Gasteiger partial charge in [0.15, 0.2) is 0 Å². The highest BCUT2D eigenvalue weighted by Gasteiger charge is 2.26. The number of benzene rings is 1. The number of hydrogen-bond donors (Lipinski definition) is 3. The molecule has 1 aliphatic carbocycles. The van der Waals surface area contributed by atoms with Gasteiger partial charge in [0.2, 0.25) is 0 Å². The first-order valence-corrected chi connectivity index (χ1v) is 8.21. The summed E-state index contributed by atoms with van der Waals surface area (Å²) in [6, 6.07) is 7.10. The fraction of sp³-hybridized carbons (Fsp3) is 0.250. The van der Waals surface area contributed by atoms with E-state index in [1.165, 1.54) is 0 Å². The summed E-state index contributed by atoms with van der Waals surface area (Å²) in [6.45, 7) is 1.78. The number of aryl methyl sites for hydroxylation is 1. The highest BCUT2D eigenvalue weighted by atomic mass is 79.9. The molecule has 2 aromatic rings. The Morgan fingerprint density at radius 1 is 1.12 bits per heavy atom. The van der Waals surface area contributed by atoms with Crippen molar-refractivity contribution in [2.45, 2.75) is 25.8 Å². The molecule has 7 nitrogen and oxygen atoms in total. The van der Waals surface area contributed by atoms with Gasteiger partial charge in [-0.05, 0) is 44.0 Å². The van der Waals surface area contributed by atoms with Crippen molar-refractivity contribution in [2.75, 3.05) is 0 Å². The van der Waals surface area contributed by atoms with Crippen LogP contribution in [0.3, 0.4) is 0 Å². The number of amides is 3. The maximum Gasteiger partial charge on any atom is 0.327 e. The number of hydrogen-bond acceptors (Lipinski definition) is 4. The van der Waals surface area contributed by atoms with Gasteiger partial charge < -0.3 is 5.32 Å². The number of fused-ring (bicyclic) bond motifs is 1. The van der Waals surface area contributed by atoms with Gasteiger partial charge in [0.25, 0.3) is 5.91 Å². The molecule has 1 aliphatic rings. The third-order valence-corrected chi connectivity index (χ3v) is 4.05. The predicted molar refractivity (Wildman–Crippen MR) is 91.0 cm³/mol. The Morgan fingerprint density at radius 3 is 2.58 bits per heavy atom. The van der Waals surface area contributed by atoms with Crippen molar-refractivity contribution in [3.8, 4) is 0 Å². The van der Waals surface area contributed by atoms with Crippen LogP contribution in [0.4, 0.5) is 0 Å². The van der Waals surface area contributed by atoms with Crippen molar-refractivity contribution < 1.29 is 14.4 Å². The van der Waals surface area contributed by atoms with Crippen LogP contribution in [-0.4, -0.2) is 28.7 Å². The fourth-order valence-corrected chi connectivity index (χ4v) is 2.60. The number of rotatable bonds is 2. The molecule has 3 amide bonds. The molecule has 1 aromatic carbocycles. The Balaban J connectivity index is 1.74. The van der Waals surface area contributed by atoms with Crippen molar-refractivity contribution in [2.24, 2.45) is 0 Å². The Morgan fingerprint density at radius 2 is 1.88 bits per heavy atom. The second kappa shape index (κ2) is 6.56. The van der Waals surface area contributed by atoms with Crippen LogP contribution in [0.2, 0.25) is 0 Å². The molecule has 0 spiro atoms. The molecule has 0 aliphatic heterocycles. The van der Waals surface area contributed by atoms with Gasteiger partial charge in [-0.25, -0.2) is 0 Å². The van der Waals surface area contributed by atoms with Crippen LogP contribution in [0.15, 0.2) is 28.7 Å². The van der Waals surface area contributed by atoms with E-state index in [0.717, 1.165) is 17.3 Å². The Hall–Kier alpha value is -2.48. The van der Waals surface area contributed by atoms with E-state index in [1.54, 1.807) is 25.1 Å². The number of hydrazine groups is 1. The number of pyridine rings is 1. The molecular formula is C16H15BrN4O3. The minimum atomic E-state index is -0.897. The van der Waals surface area contributed by atoms with Crippen LogP contribution < -0.4 is 16.2 Å². The average molecular weight is 391 g/mol. The molecule has 1 fully saturated rings. The average Bonchev–Trinajstić information content (AvgIpc) is 3.35. The molecule has 8 heteroatoms. The van der Waals surface area contributed by atoms with Gasteiger partial charge in [-0.1, -0.05) is 15.9 Å². The third kappa shape index (κ3) is 3.70. The predicted octanol–water partition coefficient (Wildman–Crippen LogP) is 1.35. The first-order valence-electron chi connectivity index (χ1n) is 7.42. The van der Waals surface area contributed by atoms with E-state index in [1.807, 2.05) is 6.07 Å². The van der Waals surface area contributed by atoms with Crippen LogP contribution in [-0.2, 0) is 9.59 Å². The van der Waals surface area contributed by atoms with E-state index in [-0.39, 0.29) is 6.04 Å². The molecule has 124 valence electrons. The molecule has 1 aromatic heterocycles. The van der Waals surface area contributed by atoms with E-state index in [4.69, 9.17) is 0 Å². The number of nitrogens with one attached hydrogen (secondary N) is 3. The summed E-state index contributed by atoms with van der Waals surface area (Å²) in [4.78, 5) is 40.0. The smallest absolute Gasteiger partial charge is 0.327 e. The molecule has 0 bridgehead atoms. The second-order valence-electron chi connectivity index (χ2n) is 5.63. The molecule has 3 rings (SSSR count). The minimum Gasteiger partial charge on any atom is -0.345 e. The lowest BCUT2D eigenvalue weighted by Gasteiger charge is -2.10.